The third-order valence-corrected chi connectivity index (χ3v) is 5.38. The van der Waals surface area contributed by atoms with E-state index in [0.29, 0.717) is 19.4 Å². The lowest BCUT2D eigenvalue weighted by Gasteiger charge is -2.28. The van der Waals surface area contributed by atoms with Crippen LogP contribution in [0.4, 0.5) is 0 Å². The molecular weight excluding hydrogens is 360 g/mol. The summed E-state index contributed by atoms with van der Waals surface area (Å²) in [6.07, 6.45) is 1.01. The van der Waals surface area contributed by atoms with Crippen molar-refractivity contribution in [1.82, 2.24) is 10.2 Å². The third kappa shape index (κ3) is 5.02. The van der Waals surface area contributed by atoms with Crippen molar-refractivity contribution in [1.29, 1.82) is 0 Å². The van der Waals surface area contributed by atoms with Crippen molar-refractivity contribution in [2.24, 2.45) is 0 Å². The first kappa shape index (κ1) is 20.6. The Morgan fingerprint density at radius 2 is 1.66 bits per heavy atom. The van der Waals surface area contributed by atoms with Gasteiger partial charge in [-0.3, -0.25) is 9.59 Å². The second kappa shape index (κ2) is 9.37. The fraction of sp³-hybridized carbons (Fsp3) is 0.280. The number of rotatable bonds is 7. The van der Waals surface area contributed by atoms with Crippen molar-refractivity contribution in [2.45, 2.75) is 39.3 Å². The first-order valence-electron chi connectivity index (χ1n) is 10.0. The van der Waals surface area contributed by atoms with Gasteiger partial charge < -0.3 is 10.2 Å². The van der Waals surface area contributed by atoms with E-state index in [1.165, 1.54) is 16.3 Å². The van der Waals surface area contributed by atoms with Crippen LogP contribution in [0.2, 0.25) is 0 Å². The van der Waals surface area contributed by atoms with Gasteiger partial charge in [0.15, 0.2) is 0 Å². The molecule has 0 aliphatic rings. The Labute approximate surface area is 172 Å². The van der Waals surface area contributed by atoms with Gasteiger partial charge in [0.1, 0.15) is 6.04 Å². The number of hydrogen-bond donors (Lipinski definition) is 1. The predicted octanol–water partition coefficient (Wildman–Crippen LogP) is 4.24. The molecule has 29 heavy (non-hydrogen) atoms. The first-order chi connectivity index (χ1) is 14.0. The third-order valence-electron chi connectivity index (χ3n) is 5.38. The highest BCUT2D eigenvalue weighted by molar-refractivity contribution is 5.88. The normalized spacial score (nSPS) is 11.8. The molecule has 0 saturated heterocycles. The summed E-state index contributed by atoms with van der Waals surface area (Å²) in [4.78, 5) is 27.1. The van der Waals surface area contributed by atoms with Crippen molar-refractivity contribution < 1.29 is 9.59 Å². The zero-order valence-corrected chi connectivity index (χ0v) is 17.3. The predicted molar refractivity (Wildman–Crippen MR) is 118 cm³/mol. The molecular formula is C25H28N2O2. The van der Waals surface area contributed by atoms with Crippen LogP contribution >= 0.6 is 0 Å². The Hall–Kier alpha value is -3.14. The van der Waals surface area contributed by atoms with Gasteiger partial charge in [-0.2, -0.15) is 0 Å². The number of fused-ring (bicyclic) bond motifs is 1. The van der Waals surface area contributed by atoms with Crippen LogP contribution in [0, 0.1) is 6.92 Å². The summed E-state index contributed by atoms with van der Waals surface area (Å²) in [7, 11) is 1.60. The lowest BCUT2D eigenvalue weighted by atomic mass is 10.0. The Balaban J connectivity index is 1.78. The van der Waals surface area contributed by atoms with Crippen LogP contribution < -0.4 is 5.32 Å². The molecule has 0 bridgehead atoms. The zero-order chi connectivity index (χ0) is 20.8. The number of benzene rings is 3. The number of hydrogen-bond acceptors (Lipinski definition) is 2. The molecule has 1 N–H and O–H groups in total. The SMILES string of the molecule is CNC(=O)[C@H](C)N(Cc1ccc(C)cc1)C(=O)CCc1cccc2ccccc12. The standard InChI is InChI=1S/C25H28N2O2/c1-18-11-13-20(14-12-18)17-27(19(2)25(29)26-3)24(28)16-15-22-9-6-8-21-7-4-5-10-23(21)22/h4-14,19H,15-17H2,1-3H3,(H,26,29)/t19-/m0/s1. The molecule has 0 heterocycles. The summed E-state index contributed by atoms with van der Waals surface area (Å²) in [5, 5.41) is 5.01. The monoisotopic (exact) mass is 388 g/mol. The molecule has 0 aromatic heterocycles. The van der Waals surface area contributed by atoms with Crippen LogP contribution in [0.5, 0.6) is 0 Å². The fourth-order valence-corrected chi connectivity index (χ4v) is 3.58. The van der Waals surface area contributed by atoms with E-state index in [1.807, 2.05) is 49.4 Å². The smallest absolute Gasteiger partial charge is 0.242 e. The summed E-state index contributed by atoms with van der Waals surface area (Å²) >= 11 is 0. The quantitative estimate of drug-likeness (QED) is 0.658. The van der Waals surface area contributed by atoms with Gasteiger partial charge in [-0.05, 0) is 42.2 Å². The lowest BCUT2D eigenvalue weighted by molar-refractivity contribution is -0.140. The van der Waals surface area contributed by atoms with E-state index in [0.717, 1.165) is 11.1 Å². The Kier molecular flexibility index (Phi) is 6.65. The van der Waals surface area contributed by atoms with E-state index in [9.17, 15) is 9.59 Å². The number of carbonyl (C=O) groups excluding carboxylic acids is 2. The Bertz CT molecular complexity index is 990. The van der Waals surface area contributed by atoms with Gasteiger partial charge in [0.2, 0.25) is 11.8 Å². The number of carbonyl (C=O) groups is 2. The molecule has 4 heteroatoms. The highest BCUT2D eigenvalue weighted by Crippen LogP contribution is 2.21. The summed E-state index contributed by atoms with van der Waals surface area (Å²) < 4.78 is 0. The van der Waals surface area contributed by atoms with Gasteiger partial charge >= 0.3 is 0 Å². The van der Waals surface area contributed by atoms with E-state index in [-0.39, 0.29) is 11.8 Å². The summed E-state index contributed by atoms with van der Waals surface area (Å²) in [6.45, 7) is 4.23. The average molecular weight is 389 g/mol. The van der Waals surface area contributed by atoms with Gasteiger partial charge in [0.25, 0.3) is 0 Å². The van der Waals surface area contributed by atoms with Gasteiger partial charge in [-0.15, -0.1) is 0 Å². The molecule has 2 amide bonds. The molecule has 0 unspecified atom stereocenters. The van der Waals surface area contributed by atoms with Gasteiger partial charge in [0, 0.05) is 20.0 Å². The molecule has 0 radical (unpaired) electrons. The molecule has 3 aromatic rings. The highest BCUT2D eigenvalue weighted by atomic mass is 16.2. The summed E-state index contributed by atoms with van der Waals surface area (Å²) in [5.74, 6) is -0.176. The van der Waals surface area contributed by atoms with Crippen molar-refractivity contribution >= 4 is 22.6 Å². The molecule has 0 fully saturated rings. The van der Waals surface area contributed by atoms with Crippen LogP contribution in [0.15, 0.2) is 66.7 Å². The molecule has 3 aromatic carbocycles. The Morgan fingerprint density at radius 3 is 2.38 bits per heavy atom. The lowest BCUT2D eigenvalue weighted by Crippen LogP contribution is -2.46. The Morgan fingerprint density at radius 1 is 0.966 bits per heavy atom. The maximum absolute atomic E-state index is 13.1. The number of amides is 2. The second-order valence-electron chi connectivity index (χ2n) is 7.44. The molecule has 0 aliphatic heterocycles. The fourth-order valence-electron chi connectivity index (χ4n) is 3.58. The molecule has 1 atom stereocenters. The molecule has 0 spiro atoms. The minimum Gasteiger partial charge on any atom is -0.357 e. The van der Waals surface area contributed by atoms with Crippen LogP contribution in [-0.4, -0.2) is 29.8 Å². The van der Waals surface area contributed by atoms with E-state index < -0.39 is 6.04 Å². The average Bonchev–Trinajstić information content (AvgIpc) is 2.76. The van der Waals surface area contributed by atoms with Crippen LogP contribution in [0.3, 0.4) is 0 Å². The van der Waals surface area contributed by atoms with Crippen LogP contribution in [0.1, 0.15) is 30.0 Å². The number of nitrogens with one attached hydrogen (secondary N) is 1. The molecule has 0 saturated carbocycles. The van der Waals surface area contributed by atoms with E-state index >= 15 is 0 Å². The van der Waals surface area contributed by atoms with Crippen molar-refractivity contribution in [2.75, 3.05) is 7.05 Å². The largest absolute Gasteiger partial charge is 0.357 e. The molecule has 3 rings (SSSR count). The van der Waals surface area contributed by atoms with Crippen molar-refractivity contribution in [3.63, 3.8) is 0 Å². The minimum atomic E-state index is -0.527. The number of likely N-dealkylation sites (N-methyl/N-ethyl adjacent to an activating group) is 1. The van der Waals surface area contributed by atoms with Crippen LogP contribution in [-0.2, 0) is 22.6 Å². The number of aryl methyl sites for hydroxylation is 2. The topological polar surface area (TPSA) is 49.4 Å². The van der Waals surface area contributed by atoms with Crippen molar-refractivity contribution in [3.05, 3.63) is 83.4 Å². The molecule has 150 valence electrons. The van der Waals surface area contributed by atoms with E-state index in [4.69, 9.17) is 0 Å². The summed E-state index contributed by atoms with van der Waals surface area (Å²) in [6, 6.07) is 21.9. The second-order valence-corrected chi connectivity index (χ2v) is 7.44. The minimum absolute atomic E-state index is 0.0189. The molecule has 0 aliphatic carbocycles. The van der Waals surface area contributed by atoms with E-state index in [1.54, 1.807) is 18.9 Å². The van der Waals surface area contributed by atoms with E-state index in [2.05, 4.69) is 29.6 Å². The van der Waals surface area contributed by atoms with Gasteiger partial charge in [-0.1, -0.05) is 72.3 Å². The van der Waals surface area contributed by atoms with Crippen molar-refractivity contribution in [3.8, 4) is 0 Å². The maximum atomic E-state index is 13.1. The first-order valence-corrected chi connectivity index (χ1v) is 10.0. The molecule has 4 nitrogen and oxygen atoms in total. The van der Waals surface area contributed by atoms with Crippen LogP contribution in [0.25, 0.3) is 10.8 Å². The zero-order valence-electron chi connectivity index (χ0n) is 17.3. The van der Waals surface area contributed by atoms with Gasteiger partial charge in [0.05, 0.1) is 0 Å². The highest BCUT2D eigenvalue weighted by Gasteiger charge is 2.25. The van der Waals surface area contributed by atoms with Gasteiger partial charge in [-0.25, -0.2) is 0 Å². The maximum Gasteiger partial charge on any atom is 0.242 e. The summed E-state index contributed by atoms with van der Waals surface area (Å²) in [5.41, 5.74) is 3.34. The number of nitrogens with zero attached hydrogens (tertiary/aromatic N) is 1.